The molecule has 3 aromatic heterocycles. The molecule has 0 saturated heterocycles. The van der Waals surface area contributed by atoms with Gasteiger partial charge in [-0.3, -0.25) is 14.3 Å². The molecule has 0 aliphatic carbocycles. The van der Waals surface area contributed by atoms with E-state index < -0.39 is 11.8 Å². The maximum atomic E-state index is 13.0. The molecule has 0 aliphatic rings. The number of amides is 2. The predicted octanol–water partition coefficient (Wildman–Crippen LogP) is 3.51. The summed E-state index contributed by atoms with van der Waals surface area (Å²) in [6.45, 7) is 0.256. The number of rotatable bonds is 8. The number of aryl methyl sites for hydroxylation is 1. The molecular formula is C22H19FN4O5. The minimum absolute atomic E-state index is 0.0357. The second kappa shape index (κ2) is 9.21. The molecule has 3 heterocycles. The second-order valence-corrected chi connectivity index (χ2v) is 6.76. The Bertz CT molecular complexity index is 1210. The van der Waals surface area contributed by atoms with Crippen molar-refractivity contribution in [1.82, 2.24) is 15.1 Å². The van der Waals surface area contributed by atoms with Crippen LogP contribution in [0.2, 0.25) is 0 Å². The molecule has 0 spiro atoms. The van der Waals surface area contributed by atoms with Crippen LogP contribution in [0.1, 0.15) is 32.6 Å². The second-order valence-electron chi connectivity index (χ2n) is 6.76. The first-order valence-electron chi connectivity index (χ1n) is 9.60. The molecule has 10 heteroatoms. The van der Waals surface area contributed by atoms with E-state index in [1.807, 2.05) is 0 Å². The Labute approximate surface area is 181 Å². The van der Waals surface area contributed by atoms with Crippen molar-refractivity contribution in [2.24, 2.45) is 7.05 Å². The van der Waals surface area contributed by atoms with Crippen LogP contribution < -0.4 is 15.4 Å². The third kappa shape index (κ3) is 4.86. The Morgan fingerprint density at radius 3 is 2.66 bits per heavy atom. The molecule has 4 rings (SSSR count). The highest BCUT2D eigenvalue weighted by molar-refractivity contribution is 6.07. The highest BCUT2D eigenvalue weighted by Crippen LogP contribution is 2.18. The average molecular weight is 438 g/mol. The summed E-state index contributed by atoms with van der Waals surface area (Å²) in [5.41, 5.74) is 0.409. The zero-order valence-corrected chi connectivity index (χ0v) is 17.0. The summed E-state index contributed by atoms with van der Waals surface area (Å²) in [5.74, 6) is 0.163. The van der Waals surface area contributed by atoms with Crippen molar-refractivity contribution in [3.05, 3.63) is 89.8 Å². The molecule has 1 aromatic carbocycles. The van der Waals surface area contributed by atoms with Gasteiger partial charge in [-0.15, -0.1) is 0 Å². The fraction of sp³-hybridized carbons (Fsp3) is 0.136. The Balaban J connectivity index is 1.38. The van der Waals surface area contributed by atoms with Crippen molar-refractivity contribution in [2.75, 3.05) is 5.32 Å². The number of hydrogen-bond donors (Lipinski definition) is 2. The number of benzene rings is 1. The van der Waals surface area contributed by atoms with Crippen molar-refractivity contribution in [2.45, 2.75) is 13.2 Å². The van der Waals surface area contributed by atoms with Gasteiger partial charge in [0.2, 0.25) is 0 Å². The summed E-state index contributed by atoms with van der Waals surface area (Å²) in [5, 5.41) is 9.39. The maximum Gasteiger partial charge on any atom is 0.291 e. The van der Waals surface area contributed by atoms with E-state index in [0.29, 0.717) is 17.3 Å². The molecule has 0 saturated carbocycles. The quantitative estimate of drug-likeness (QED) is 0.436. The van der Waals surface area contributed by atoms with Gasteiger partial charge < -0.3 is 24.2 Å². The van der Waals surface area contributed by atoms with Gasteiger partial charge in [-0.2, -0.15) is 5.10 Å². The number of furan rings is 2. The number of nitrogens with one attached hydrogen (secondary N) is 2. The SMILES string of the molecule is Cn1ncc(NC(=O)c2ccc(COc3ccc(F)cc3)o2)c1C(=O)NCc1ccco1. The van der Waals surface area contributed by atoms with Gasteiger partial charge >= 0.3 is 0 Å². The number of aromatic nitrogens is 2. The first-order chi connectivity index (χ1) is 15.5. The lowest BCUT2D eigenvalue weighted by atomic mass is 10.3. The van der Waals surface area contributed by atoms with E-state index in [1.165, 1.54) is 47.5 Å². The van der Waals surface area contributed by atoms with E-state index in [-0.39, 0.29) is 36.1 Å². The lowest BCUT2D eigenvalue weighted by molar-refractivity contribution is 0.0939. The minimum Gasteiger partial charge on any atom is -0.486 e. The minimum atomic E-state index is -0.550. The fourth-order valence-electron chi connectivity index (χ4n) is 2.91. The van der Waals surface area contributed by atoms with Crippen LogP contribution in [0.3, 0.4) is 0 Å². The topological polar surface area (TPSA) is 112 Å². The lowest BCUT2D eigenvalue weighted by Gasteiger charge is -2.07. The van der Waals surface area contributed by atoms with Crippen molar-refractivity contribution in [3.8, 4) is 5.75 Å². The first kappa shape index (κ1) is 20.9. The smallest absolute Gasteiger partial charge is 0.291 e. The van der Waals surface area contributed by atoms with Crippen molar-refractivity contribution in [3.63, 3.8) is 0 Å². The van der Waals surface area contributed by atoms with Crippen LogP contribution in [0.5, 0.6) is 5.75 Å². The number of nitrogens with zero attached hydrogens (tertiary/aromatic N) is 2. The van der Waals surface area contributed by atoms with Crippen molar-refractivity contribution >= 4 is 17.5 Å². The van der Waals surface area contributed by atoms with Crippen LogP contribution in [-0.4, -0.2) is 21.6 Å². The Morgan fingerprint density at radius 2 is 1.91 bits per heavy atom. The van der Waals surface area contributed by atoms with E-state index >= 15 is 0 Å². The van der Waals surface area contributed by atoms with Crippen LogP contribution in [0.4, 0.5) is 10.1 Å². The number of halogens is 1. The molecule has 164 valence electrons. The molecule has 2 amide bonds. The average Bonchev–Trinajstić information content (AvgIpc) is 3.53. The highest BCUT2D eigenvalue weighted by Gasteiger charge is 2.21. The summed E-state index contributed by atoms with van der Waals surface area (Å²) in [6.07, 6.45) is 2.89. The molecule has 9 nitrogen and oxygen atoms in total. The van der Waals surface area contributed by atoms with E-state index in [0.717, 1.165) is 0 Å². The van der Waals surface area contributed by atoms with Gasteiger partial charge in [0.1, 0.15) is 35.4 Å². The molecule has 0 aliphatic heterocycles. The normalized spacial score (nSPS) is 10.7. The summed E-state index contributed by atoms with van der Waals surface area (Å²) < 4.78 is 30.5. The largest absolute Gasteiger partial charge is 0.486 e. The number of anilines is 1. The van der Waals surface area contributed by atoms with Gasteiger partial charge in [-0.1, -0.05) is 0 Å². The van der Waals surface area contributed by atoms with Crippen LogP contribution in [0, 0.1) is 5.82 Å². The summed E-state index contributed by atoms with van der Waals surface area (Å²) in [7, 11) is 1.59. The maximum absolute atomic E-state index is 13.0. The van der Waals surface area contributed by atoms with E-state index in [4.69, 9.17) is 13.6 Å². The summed E-state index contributed by atoms with van der Waals surface area (Å²) in [4.78, 5) is 25.2. The highest BCUT2D eigenvalue weighted by atomic mass is 19.1. The zero-order chi connectivity index (χ0) is 22.5. The Kier molecular flexibility index (Phi) is 6.02. The van der Waals surface area contributed by atoms with Gasteiger partial charge in [0.25, 0.3) is 11.8 Å². The summed E-state index contributed by atoms with van der Waals surface area (Å²) in [6, 6.07) is 12.1. The van der Waals surface area contributed by atoms with E-state index in [1.54, 1.807) is 25.2 Å². The number of carbonyl (C=O) groups excluding carboxylic acids is 2. The van der Waals surface area contributed by atoms with Crippen molar-refractivity contribution in [1.29, 1.82) is 0 Å². The van der Waals surface area contributed by atoms with Crippen LogP contribution >= 0.6 is 0 Å². The first-order valence-corrected chi connectivity index (χ1v) is 9.60. The third-order valence-corrected chi connectivity index (χ3v) is 4.49. The number of ether oxygens (including phenoxy) is 1. The zero-order valence-electron chi connectivity index (χ0n) is 17.0. The lowest BCUT2D eigenvalue weighted by Crippen LogP contribution is -2.26. The number of carbonyl (C=O) groups is 2. The molecule has 2 N–H and O–H groups in total. The van der Waals surface area contributed by atoms with Crippen LogP contribution in [0.15, 0.2) is 69.8 Å². The Hall–Kier alpha value is -4.34. The van der Waals surface area contributed by atoms with Crippen LogP contribution in [0.25, 0.3) is 0 Å². The Morgan fingerprint density at radius 1 is 1.09 bits per heavy atom. The van der Waals surface area contributed by atoms with Gasteiger partial charge in [0.05, 0.1) is 24.7 Å². The molecule has 0 fully saturated rings. The summed E-state index contributed by atoms with van der Waals surface area (Å²) >= 11 is 0. The number of hydrogen-bond acceptors (Lipinski definition) is 6. The van der Waals surface area contributed by atoms with Crippen LogP contribution in [-0.2, 0) is 20.2 Å². The molecule has 4 aromatic rings. The fourth-order valence-corrected chi connectivity index (χ4v) is 2.91. The molecule has 0 atom stereocenters. The van der Waals surface area contributed by atoms with Gasteiger partial charge in [-0.25, -0.2) is 4.39 Å². The van der Waals surface area contributed by atoms with Gasteiger partial charge in [0.15, 0.2) is 5.76 Å². The molecule has 0 radical (unpaired) electrons. The van der Waals surface area contributed by atoms with E-state index in [2.05, 4.69) is 15.7 Å². The molecule has 0 unspecified atom stereocenters. The van der Waals surface area contributed by atoms with E-state index in [9.17, 15) is 14.0 Å². The monoisotopic (exact) mass is 438 g/mol. The standard InChI is InChI=1S/C22H19FN4O5/c1-27-20(22(29)24-11-16-3-2-10-30-16)18(12-25-27)26-21(28)19-9-8-17(32-19)13-31-15-6-4-14(23)5-7-15/h2-10,12H,11,13H2,1H3,(H,24,29)(H,26,28). The third-order valence-electron chi connectivity index (χ3n) is 4.49. The predicted molar refractivity (Wildman–Crippen MR) is 110 cm³/mol. The van der Waals surface area contributed by atoms with Gasteiger partial charge in [0, 0.05) is 7.05 Å². The molecular weight excluding hydrogens is 419 g/mol. The van der Waals surface area contributed by atoms with Crippen molar-refractivity contribution < 1.29 is 27.6 Å². The molecule has 0 bridgehead atoms. The van der Waals surface area contributed by atoms with Gasteiger partial charge in [-0.05, 0) is 48.5 Å². The molecule has 32 heavy (non-hydrogen) atoms.